The van der Waals surface area contributed by atoms with Crippen LogP contribution in [0, 0.1) is 0 Å². The lowest BCUT2D eigenvalue weighted by molar-refractivity contribution is -0.133. The molecule has 116 valence electrons. The topological polar surface area (TPSA) is 52.1 Å². The Morgan fingerprint density at radius 2 is 2.00 bits per heavy atom. The SMILES string of the molecule is CCc1ccc(OC(=O)Cc2csc(-c3ccccn3)n2)cc1. The fourth-order valence-electron chi connectivity index (χ4n) is 2.10. The van der Waals surface area contributed by atoms with Crippen LogP contribution in [-0.2, 0) is 17.6 Å². The van der Waals surface area contributed by atoms with Crippen molar-refractivity contribution in [2.24, 2.45) is 0 Å². The molecule has 3 aromatic rings. The van der Waals surface area contributed by atoms with Crippen molar-refractivity contribution in [2.75, 3.05) is 0 Å². The van der Waals surface area contributed by atoms with Crippen molar-refractivity contribution in [1.29, 1.82) is 0 Å². The fourth-order valence-corrected chi connectivity index (χ4v) is 2.90. The molecule has 5 heteroatoms. The van der Waals surface area contributed by atoms with Crippen LogP contribution in [0.15, 0.2) is 54.0 Å². The van der Waals surface area contributed by atoms with Crippen LogP contribution in [0.2, 0.25) is 0 Å². The molecular weight excluding hydrogens is 308 g/mol. The Morgan fingerprint density at radius 3 is 2.70 bits per heavy atom. The van der Waals surface area contributed by atoms with E-state index in [2.05, 4.69) is 16.9 Å². The van der Waals surface area contributed by atoms with Crippen molar-refractivity contribution in [3.8, 4) is 16.5 Å². The summed E-state index contributed by atoms with van der Waals surface area (Å²) >= 11 is 1.47. The molecular formula is C18H16N2O2S. The van der Waals surface area contributed by atoms with Gasteiger partial charge in [-0.15, -0.1) is 11.3 Å². The summed E-state index contributed by atoms with van der Waals surface area (Å²) in [6, 6.07) is 13.2. The van der Waals surface area contributed by atoms with E-state index in [1.165, 1.54) is 16.9 Å². The highest BCUT2D eigenvalue weighted by atomic mass is 32.1. The molecule has 3 rings (SSSR count). The number of hydrogen-bond acceptors (Lipinski definition) is 5. The largest absolute Gasteiger partial charge is 0.426 e. The fraction of sp³-hybridized carbons (Fsp3) is 0.167. The minimum absolute atomic E-state index is 0.152. The number of ether oxygens (including phenoxy) is 1. The molecule has 23 heavy (non-hydrogen) atoms. The maximum absolute atomic E-state index is 12.0. The first-order valence-corrected chi connectivity index (χ1v) is 8.28. The number of carbonyl (C=O) groups excluding carboxylic acids is 1. The van der Waals surface area contributed by atoms with Gasteiger partial charge in [0.25, 0.3) is 0 Å². The maximum Gasteiger partial charge on any atom is 0.317 e. The van der Waals surface area contributed by atoms with Gasteiger partial charge >= 0.3 is 5.97 Å². The first kappa shape index (κ1) is 15.4. The Kier molecular flexibility index (Phi) is 4.78. The zero-order valence-electron chi connectivity index (χ0n) is 12.7. The molecule has 0 radical (unpaired) electrons. The molecule has 0 saturated heterocycles. The average molecular weight is 324 g/mol. The molecule has 0 aliphatic heterocycles. The Bertz CT molecular complexity index is 782. The third-order valence-electron chi connectivity index (χ3n) is 3.32. The van der Waals surface area contributed by atoms with Crippen LogP contribution in [-0.4, -0.2) is 15.9 Å². The quantitative estimate of drug-likeness (QED) is 0.527. The molecule has 0 N–H and O–H groups in total. The van der Waals surface area contributed by atoms with Crippen molar-refractivity contribution in [3.63, 3.8) is 0 Å². The van der Waals surface area contributed by atoms with Gasteiger partial charge in [-0.05, 0) is 36.2 Å². The predicted molar refractivity (Wildman–Crippen MR) is 90.5 cm³/mol. The predicted octanol–water partition coefficient (Wildman–Crippen LogP) is 3.92. The lowest BCUT2D eigenvalue weighted by atomic mass is 10.2. The zero-order chi connectivity index (χ0) is 16.1. The second kappa shape index (κ2) is 7.15. The van der Waals surface area contributed by atoms with Gasteiger partial charge in [0.15, 0.2) is 0 Å². The number of pyridine rings is 1. The number of hydrogen-bond donors (Lipinski definition) is 0. The van der Waals surface area contributed by atoms with Crippen LogP contribution < -0.4 is 4.74 Å². The van der Waals surface area contributed by atoms with Gasteiger partial charge in [-0.25, -0.2) is 4.98 Å². The summed E-state index contributed by atoms with van der Waals surface area (Å²) in [4.78, 5) is 20.7. The highest BCUT2D eigenvalue weighted by Gasteiger charge is 2.11. The monoisotopic (exact) mass is 324 g/mol. The maximum atomic E-state index is 12.0. The van der Waals surface area contributed by atoms with Crippen LogP contribution in [0.3, 0.4) is 0 Å². The Balaban J connectivity index is 1.63. The number of benzene rings is 1. The Labute approximate surface area is 138 Å². The van der Waals surface area contributed by atoms with Gasteiger partial charge in [0.2, 0.25) is 0 Å². The molecule has 2 heterocycles. The van der Waals surface area contributed by atoms with E-state index in [1.54, 1.807) is 6.20 Å². The number of carbonyl (C=O) groups is 1. The molecule has 0 unspecified atom stereocenters. The van der Waals surface area contributed by atoms with E-state index >= 15 is 0 Å². The van der Waals surface area contributed by atoms with Gasteiger partial charge in [-0.2, -0.15) is 0 Å². The number of nitrogens with zero attached hydrogens (tertiary/aromatic N) is 2. The minimum Gasteiger partial charge on any atom is -0.426 e. The van der Waals surface area contributed by atoms with Crippen molar-refractivity contribution in [3.05, 3.63) is 65.3 Å². The van der Waals surface area contributed by atoms with Crippen LogP contribution in [0.4, 0.5) is 0 Å². The smallest absolute Gasteiger partial charge is 0.317 e. The molecule has 0 saturated carbocycles. The summed E-state index contributed by atoms with van der Waals surface area (Å²) in [5.74, 6) is 0.250. The van der Waals surface area contributed by atoms with E-state index < -0.39 is 0 Å². The van der Waals surface area contributed by atoms with Gasteiger partial charge in [-0.1, -0.05) is 25.1 Å². The third-order valence-corrected chi connectivity index (χ3v) is 4.24. The molecule has 0 spiro atoms. The van der Waals surface area contributed by atoms with Crippen LogP contribution in [0.1, 0.15) is 18.2 Å². The summed E-state index contributed by atoms with van der Waals surface area (Å²) < 4.78 is 5.34. The number of aromatic nitrogens is 2. The van der Waals surface area contributed by atoms with Crippen molar-refractivity contribution >= 4 is 17.3 Å². The standard InChI is InChI=1S/C18H16N2O2S/c1-2-13-6-8-15(9-7-13)22-17(21)11-14-12-23-18(20-14)16-5-3-4-10-19-16/h3-10,12H,2,11H2,1H3. The Hall–Kier alpha value is -2.53. The van der Waals surface area contributed by atoms with Gasteiger partial charge in [0.05, 0.1) is 17.8 Å². The molecule has 1 aromatic carbocycles. The second-order valence-corrected chi connectivity index (χ2v) is 5.87. The molecule has 2 aromatic heterocycles. The summed E-state index contributed by atoms with van der Waals surface area (Å²) in [5.41, 5.74) is 2.72. The van der Waals surface area contributed by atoms with Gasteiger partial charge in [0, 0.05) is 11.6 Å². The minimum atomic E-state index is -0.313. The Morgan fingerprint density at radius 1 is 1.17 bits per heavy atom. The average Bonchev–Trinajstić information content (AvgIpc) is 3.04. The van der Waals surface area contributed by atoms with E-state index in [4.69, 9.17) is 4.74 Å². The molecule has 4 nitrogen and oxygen atoms in total. The molecule has 0 atom stereocenters. The van der Waals surface area contributed by atoms with E-state index in [9.17, 15) is 4.79 Å². The number of rotatable bonds is 5. The number of esters is 1. The van der Waals surface area contributed by atoms with Crippen molar-refractivity contribution in [2.45, 2.75) is 19.8 Å². The van der Waals surface area contributed by atoms with Crippen molar-refractivity contribution < 1.29 is 9.53 Å². The summed E-state index contributed by atoms with van der Waals surface area (Å²) in [6.45, 7) is 2.09. The highest BCUT2D eigenvalue weighted by Crippen LogP contribution is 2.22. The molecule has 0 bridgehead atoms. The highest BCUT2D eigenvalue weighted by molar-refractivity contribution is 7.13. The summed E-state index contributed by atoms with van der Waals surface area (Å²) in [7, 11) is 0. The molecule has 0 fully saturated rings. The number of aryl methyl sites for hydroxylation is 1. The van der Waals surface area contributed by atoms with E-state index in [0.29, 0.717) is 11.4 Å². The summed E-state index contributed by atoms with van der Waals surface area (Å²) in [5, 5.41) is 2.67. The van der Waals surface area contributed by atoms with Crippen LogP contribution in [0.25, 0.3) is 10.7 Å². The van der Waals surface area contributed by atoms with E-state index in [-0.39, 0.29) is 12.4 Å². The molecule has 0 aliphatic rings. The third kappa shape index (κ3) is 4.02. The van der Waals surface area contributed by atoms with Crippen LogP contribution >= 0.6 is 11.3 Å². The van der Waals surface area contributed by atoms with Crippen LogP contribution in [0.5, 0.6) is 5.75 Å². The lowest BCUT2D eigenvalue weighted by Crippen LogP contribution is -2.11. The zero-order valence-corrected chi connectivity index (χ0v) is 13.5. The van der Waals surface area contributed by atoms with Gasteiger partial charge in [0.1, 0.15) is 10.8 Å². The first-order chi connectivity index (χ1) is 11.2. The summed E-state index contributed by atoms with van der Waals surface area (Å²) in [6.07, 6.45) is 2.84. The van der Waals surface area contributed by atoms with Gasteiger partial charge < -0.3 is 4.74 Å². The molecule has 0 aliphatic carbocycles. The van der Waals surface area contributed by atoms with E-state index in [1.807, 2.05) is 47.8 Å². The lowest BCUT2D eigenvalue weighted by Gasteiger charge is -2.04. The number of thiazole rings is 1. The first-order valence-electron chi connectivity index (χ1n) is 7.40. The second-order valence-electron chi connectivity index (χ2n) is 5.01. The molecule has 0 amide bonds. The van der Waals surface area contributed by atoms with Gasteiger partial charge in [-0.3, -0.25) is 9.78 Å². The van der Waals surface area contributed by atoms with E-state index in [0.717, 1.165) is 17.1 Å². The van der Waals surface area contributed by atoms with Crippen molar-refractivity contribution in [1.82, 2.24) is 9.97 Å². The normalized spacial score (nSPS) is 10.5.